The predicted molar refractivity (Wildman–Crippen MR) is 130 cm³/mol. The van der Waals surface area contributed by atoms with E-state index in [4.69, 9.17) is 11.6 Å². The second kappa shape index (κ2) is 9.77. The van der Waals surface area contributed by atoms with Crippen LogP contribution in [0.3, 0.4) is 0 Å². The fraction of sp³-hybridized carbons (Fsp3) is 0.280. The summed E-state index contributed by atoms with van der Waals surface area (Å²) in [7, 11) is 3.15. The van der Waals surface area contributed by atoms with Crippen molar-refractivity contribution >= 4 is 29.0 Å². The molecule has 0 atom stereocenters. The largest absolute Gasteiger partial charge is 0.416 e. The van der Waals surface area contributed by atoms with Crippen molar-refractivity contribution < 1.29 is 31.1 Å². The van der Waals surface area contributed by atoms with Gasteiger partial charge in [0, 0.05) is 36.3 Å². The maximum Gasteiger partial charge on any atom is 0.416 e. The smallest absolute Gasteiger partial charge is 0.362 e. The van der Waals surface area contributed by atoms with E-state index in [1.807, 2.05) is 0 Å². The zero-order chi connectivity index (χ0) is 27.9. The molecule has 0 aliphatic rings. The second-order valence-corrected chi connectivity index (χ2v) is 9.43. The maximum atomic E-state index is 13.5. The van der Waals surface area contributed by atoms with Crippen molar-refractivity contribution in [3.05, 3.63) is 80.6 Å². The Morgan fingerprint density at radius 2 is 1.38 bits per heavy atom. The topological polar surface area (TPSA) is 65.2 Å². The van der Waals surface area contributed by atoms with Gasteiger partial charge in [0.15, 0.2) is 0 Å². The zero-order valence-electron chi connectivity index (χ0n) is 20.0. The summed E-state index contributed by atoms with van der Waals surface area (Å²) in [5, 5.41) is 2.85. The van der Waals surface area contributed by atoms with E-state index in [9.17, 15) is 35.9 Å². The number of aromatic amines is 1. The van der Waals surface area contributed by atoms with Crippen LogP contribution >= 0.6 is 11.6 Å². The zero-order valence-corrected chi connectivity index (χ0v) is 20.8. The van der Waals surface area contributed by atoms with E-state index in [0.29, 0.717) is 17.7 Å². The number of carbonyl (C=O) groups excluding carboxylic acids is 1. The first-order chi connectivity index (χ1) is 16.9. The van der Waals surface area contributed by atoms with Gasteiger partial charge < -0.3 is 15.2 Å². The number of amides is 1. The SMILES string of the molecule is CN(C)c1[nH]c(=O)cc(-c2ccccc2Cl)c1NC(=O)C(C)(C)c1cc(C(F)(F)F)cc(C(F)(F)F)c1. The minimum Gasteiger partial charge on any atom is -0.362 e. The molecule has 0 fully saturated rings. The Balaban J connectivity index is 2.18. The monoisotopic (exact) mass is 545 g/mol. The van der Waals surface area contributed by atoms with Gasteiger partial charge in [0.05, 0.1) is 22.2 Å². The molecule has 0 radical (unpaired) electrons. The van der Waals surface area contributed by atoms with Crippen molar-refractivity contribution in [1.29, 1.82) is 0 Å². The number of alkyl halides is 6. The fourth-order valence-electron chi connectivity index (χ4n) is 3.62. The third-order valence-corrected chi connectivity index (χ3v) is 6.08. The molecule has 0 bridgehead atoms. The number of hydrogen-bond donors (Lipinski definition) is 2. The Bertz CT molecular complexity index is 1360. The quantitative estimate of drug-likeness (QED) is 0.350. The molecular weight excluding hydrogens is 524 g/mol. The number of hydrogen-bond acceptors (Lipinski definition) is 3. The highest BCUT2D eigenvalue weighted by Crippen LogP contribution is 2.41. The number of H-pyrrole nitrogens is 1. The van der Waals surface area contributed by atoms with Crippen molar-refractivity contribution in [2.45, 2.75) is 31.6 Å². The van der Waals surface area contributed by atoms with Crippen molar-refractivity contribution in [1.82, 2.24) is 4.98 Å². The summed E-state index contributed by atoms with van der Waals surface area (Å²) in [4.78, 5) is 29.9. The molecule has 12 heteroatoms. The second-order valence-electron chi connectivity index (χ2n) is 9.02. The number of rotatable bonds is 5. The minimum atomic E-state index is -5.07. The molecule has 1 amide bonds. The third-order valence-electron chi connectivity index (χ3n) is 5.75. The van der Waals surface area contributed by atoms with Crippen LogP contribution in [0, 0.1) is 0 Å². The van der Waals surface area contributed by atoms with E-state index in [2.05, 4.69) is 10.3 Å². The summed E-state index contributed by atoms with van der Waals surface area (Å²) in [6, 6.07) is 8.67. The van der Waals surface area contributed by atoms with E-state index in [1.54, 1.807) is 38.4 Å². The standard InChI is InChI=1S/C25H22ClF6N3O2/c1-23(2,13-9-14(24(27,28)29)11-15(10-13)25(30,31)32)22(37)34-20-17(16-7-5-6-8-18(16)26)12-19(36)33-21(20)35(3)4/h5-12H,1-4H3,(H,33,36)(H,34,37). The Kier molecular flexibility index (Phi) is 7.42. The summed E-state index contributed by atoms with van der Waals surface area (Å²) >= 11 is 6.31. The summed E-state index contributed by atoms with van der Waals surface area (Å²) in [6.07, 6.45) is -10.1. The molecule has 0 saturated heterocycles. The molecule has 3 aromatic rings. The fourth-order valence-corrected chi connectivity index (χ4v) is 3.85. The highest BCUT2D eigenvalue weighted by molar-refractivity contribution is 6.33. The third kappa shape index (κ3) is 5.93. The van der Waals surface area contributed by atoms with Crippen molar-refractivity contribution in [3.8, 4) is 11.1 Å². The number of anilines is 2. The summed E-state index contributed by atoms with van der Waals surface area (Å²) in [5.74, 6) is -0.769. The van der Waals surface area contributed by atoms with Gasteiger partial charge in [-0.25, -0.2) is 0 Å². The first-order valence-electron chi connectivity index (χ1n) is 10.7. The molecule has 37 heavy (non-hydrogen) atoms. The molecule has 0 aliphatic heterocycles. The van der Waals surface area contributed by atoms with Crippen molar-refractivity contribution in [2.75, 3.05) is 24.3 Å². The highest BCUT2D eigenvalue weighted by Gasteiger charge is 2.40. The van der Waals surface area contributed by atoms with Crippen LogP contribution in [0.25, 0.3) is 11.1 Å². The van der Waals surface area contributed by atoms with Crippen LogP contribution in [-0.4, -0.2) is 25.0 Å². The minimum absolute atomic E-state index is 0.000920. The first-order valence-corrected chi connectivity index (χ1v) is 11.1. The molecule has 5 nitrogen and oxygen atoms in total. The van der Waals surface area contributed by atoms with Crippen LogP contribution in [0.2, 0.25) is 5.02 Å². The summed E-state index contributed by atoms with van der Waals surface area (Å²) in [5.41, 5.74) is -5.30. The van der Waals surface area contributed by atoms with Gasteiger partial charge in [-0.1, -0.05) is 29.8 Å². The Morgan fingerprint density at radius 3 is 1.86 bits per heavy atom. The van der Waals surface area contributed by atoms with Crippen LogP contribution in [-0.2, 0) is 22.6 Å². The molecule has 2 N–H and O–H groups in total. The van der Waals surface area contributed by atoms with Gasteiger partial charge in [-0.15, -0.1) is 0 Å². The number of halogens is 7. The number of pyridine rings is 1. The van der Waals surface area contributed by atoms with Gasteiger partial charge in [0.25, 0.3) is 0 Å². The van der Waals surface area contributed by atoms with E-state index in [-0.39, 0.29) is 28.2 Å². The van der Waals surface area contributed by atoms with E-state index >= 15 is 0 Å². The molecule has 0 spiro atoms. The van der Waals surface area contributed by atoms with Gasteiger partial charge in [-0.2, -0.15) is 26.3 Å². The molecule has 0 aliphatic carbocycles. The molecule has 1 heterocycles. The van der Waals surface area contributed by atoms with Crippen LogP contribution < -0.4 is 15.8 Å². The highest BCUT2D eigenvalue weighted by atomic mass is 35.5. The van der Waals surface area contributed by atoms with Gasteiger partial charge in [0.2, 0.25) is 11.5 Å². The molecule has 198 valence electrons. The van der Waals surface area contributed by atoms with Gasteiger partial charge in [-0.3, -0.25) is 9.59 Å². The molecule has 0 saturated carbocycles. The number of carbonyl (C=O) groups is 1. The normalized spacial score (nSPS) is 12.4. The maximum absolute atomic E-state index is 13.5. The predicted octanol–water partition coefficient (Wildman–Crippen LogP) is 6.72. The van der Waals surface area contributed by atoms with Crippen LogP contribution in [0.1, 0.15) is 30.5 Å². The molecule has 3 rings (SSSR count). The lowest BCUT2D eigenvalue weighted by molar-refractivity contribution is -0.143. The average Bonchev–Trinajstić information content (AvgIpc) is 2.78. The number of benzene rings is 2. The summed E-state index contributed by atoms with van der Waals surface area (Å²) in [6.45, 7) is 2.41. The number of nitrogens with one attached hydrogen (secondary N) is 2. The summed E-state index contributed by atoms with van der Waals surface area (Å²) < 4.78 is 80.5. The Labute approximate surface area is 213 Å². The van der Waals surface area contributed by atoms with Crippen molar-refractivity contribution in [2.24, 2.45) is 0 Å². The van der Waals surface area contributed by atoms with Crippen molar-refractivity contribution in [3.63, 3.8) is 0 Å². The van der Waals surface area contributed by atoms with Gasteiger partial charge in [-0.05, 0) is 43.7 Å². The Morgan fingerprint density at radius 1 is 0.865 bits per heavy atom. The number of nitrogens with zero attached hydrogens (tertiary/aromatic N) is 1. The van der Waals surface area contributed by atoms with E-state index < -0.39 is 45.9 Å². The molecule has 2 aromatic carbocycles. The van der Waals surface area contributed by atoms with E-state index in [1.165, 1.54) is 24.8 Å². The van der Waals surface area contributed by atoms with Crippen LogP contribution in [0.4, 0.5) is 37.8 Å². The van der Waals surface area contributed by atoms with Gasteiger partial charge in [0.1, 0.15) is 5.82 Å². The average molecular weight is 546 g/mol. The Hall–Kier alpha value is -3.47. The first kappa shape index (κ1) is 28.1. The van der Waals surface area contributed by atoms with Gasteiger partial charge >= 0.3 is 12.4 Å². The molecule has 0 unspecified atom stereocenters. The lowest BCUT2D eigenvalue weighted by Crippen LogP contribution is -2.36. The lowest BCUT2D eigenvalue weighted by atomic mass is 9.81. The molecule has 1 aromatic heterocycles. The number of aromatic nitrogens is 1. The van der Waals surface area contributed by atoms with Crippen LogP contribution in [0.15, 0.2) is 53.3 Å². The lowest BCUT2D eigenvalue weighted by Gasteiger charge is -2.28. The van der Waals surface area contributed by atoms with Crippen LogP contribution in [0.5, 0.6) is 0 Å². The van der Waals surface area contributed by atoms with E-state index in [0.717, 1.165) is 0 Å². The molecular formula is C25H22ClF6N3O2.